The average molecular weight is 464 g/mol. The third kappa shape index (κ3) is 5.68. The SMILES string of the molecule is COc1ccc(C(=O)NCCNC(=O)[C@@H]2CCCN2C(=O)c2ccc(Cl)c(Cl)c2)cc1. The first kappa shape index (κ1) is 22.9. The lowest BCUT2D eigenvalue weighted by Gasteiger charge is -2.24. The molecule has 0 saturated carbocycles. The second-order valence-corrected chi connectivity index (χ2v) is 7.88. The fourth-order valence-corrected chi connectivity index (χ4v) is 3.70. The van der Waals surface area contributed by atoms with Crippen molar-refractivity contribution in [1.82, 2.24) is 15.5 Å². The number of ether oxygens (including phenoxy) is 1. The number of carbonyl (C=O) groups excluding carboxylic acids is 3. The highest BCUT2D eigenvalue weighted by Crippen LogP contribution is 2.26. The zero-order valence-corrected chi connectivity index (χ0v) is 18.5. The van der Waals surface area contributed by atoms with Gasteiger partial charge < -0.3 is 20.3 Å². The molecule has 0 aromatic heterocycles. The minimum atomic E-state index is -0.556. The molecule has 1 fully saturated rings. The molecule has 2 aromatic carbocycles. The third-order valence-corrected chi connectivity index (χ3v) is 5.78. The summed E-state index contributed by atoms with van der Waals surface area (Å²) >= 11 is 11.9. The highest BCUT2D eigenvalue weighted by molar-refractivity contribution is 6.42. The Morgan fingerprint density at radius 1 is 1.00 bits per heavy atom. The second-order valence-electron chi connectivity index (χ2n) is 7.06. The van der Waals surface area contributed by atoms with E-state index in [0.717, 1.165) is 6.42 Å². The van der Waals surface area contributed by atoms with Crippen molar-refractivity contribution in [3.63, 3.8) is 0 Å². The van der Waals surface area contributed by atoms with Crippen LogP contribution in [0.15, 0.2) is 42.5 Å². The number of amides is 3. The number of methoxy groups -OCH3 is 1. The number of likely N-dealkylation sites (tertiary alicyclic amines) is 1. The average Bonchev–Trinajstić information content (AvgIpc) is 3.28. The van der Waals surface area contributed by atoms with Gasteiger partial charge in [0.05, 0.1) is 17.2 Å². The molecule has 164 valence electrons. The van der Waals surface area contributed by atoms with Gasteiger partial charge in [0.2, 0.25) is 5.91 Å². The summed E-state index contributed by atoms with van der Waals surface area (Å²) in [5, 5.41) is 6.20. The molecule has 0 spiro atoms. The predicted octanol–water partition coefficient (Wildman–Crippen LogP) is 3.15. The zero-order chi connectivity index (χ0) is 22.4. The van der Waals surface area contributed by atoms with Gasteiger partial charge in [-0.25, -0.2) is 0 Å². The van der Waals surface area contributed by atoms with Crippen molar-refractivity contribution < 1.29 is 19.1 Å². The van der Waals surface area contributed by atoms with E-state index in [1.807, 2.05) is 0 Å². The van der Waals surface area contributed by atoms with Crippen LogP contribution in [0.25, 0.3) is 0 Å². The van der Waals surface area contributed by atoms with E-state index in [9.17, 15) is 14.4 Å². The predicted molar refractivity (Wildman–Crippen MR) is 119 cm³/mol. The standard InChI is InChI=1S/C22H23Cl2N3O4/c1-31-16-7-4-14(5-8-16)20(28)25-10-11-26-21(29)19-3-2-12-27(19)22(30)15-6-9-17(23)18(24)13-15/h4-9,13,19H,2-3,10-12H2,1H3,(H,25,28)(H,26,29)/t19-/m0/s1. The van der Waals surface area contributed by atoms with Crippen molar-refractivity contribution in [2.75, 3.05) is 26.7 Å². The molecule has 31 heavy (non-hydrogen) atoms. The van der Waals surface area contributed by atoms with Gasteiger partial charge in [-0.05, 0) is 55.3 Å². The lowest BCUT2D eigenvalue weighted by Crippen LogP contribution is -2.47. The van der Waals surface area contributed by atoms with Crippen molar-refractivity contribution >= 4 is 40.9 Å². The molecular weight excluding hydrogens is 441 g/mol. The first-order valence-electron chi connectivity index (χ1n) is 9.86. The van der Waals surface area contributed by atoms with Gasteiger partial charge in [-0.1, -0.05) is 23.2 Å². The molecule has 0 bridgehead atoms. The highest BCUT2D eigenvalue weighted by atomic mass is 35.5. The molecule has 2 aromatic rings. The lowest BCUT2D eigenvalue weighted by atomic mass is 10.1. The van der Waals surface area contributed by atoms with E-state index in [2.05, 4.69) is 10.6 Å². The van der Waals surface area contributed by atoms with E-state index in [1.165, 1.54) is 6.07 Å². The summed E-state index contributed by atoms with van der Waals surface area (Å²) in [7, 11) is 1.56. The van der Waals surface area contributed by atoms with Gasteiger partial charge in [-0.2, -0.15) is 0 Å². The maximum absolute atomic E-state index is 12.8. The Bertz CT molecular complexity index is 966. The van der Waals surface area contributed by atoms with Crippen molar-refractivity contribution in [3.8, 4) is 5.75 Å². The first-order valence-corrected chi connectivity index (χ1v) is 10.6. The Balaban J connectivity index is 1.49. The quantitative estimate of drug-likeness (QED) is 0.617. The number of rotatable bonds is 7. The van der Waals surface area contributed by atoms with Crippen LogP contribution < -0.4 is 15.4 Å². The topological polar surface area (TPSA) is 87.7 Å². The number of nitrogens with zero attached hydrogens (tertiary/aromatic N) is 1. The van der Waals surface area contributed by atoms with E-state index < -0.39 is 6.04 Å². The Kier molecular flexibility index (Phi) is 7.76. The fourth-order valence-electron chi connectivity index (χ4n) is 3.40. The smallest absolute Gasteiger partial charge is 0.254 e. The van der Waals surface area contributed by atoms with Gasteiger partial charge in [0.1, 0.15) is 11.8 Å². The van der Waals surface area contributed by atoms with Crippen molar-refractivity contribution in [2.24, 2.45) is 0 Å². The minimum Gasteiger partial charge on any atom is -0.497 e. The summed E-state index contributed by atoms with van der Waals surface area (Å²) < 4.78 is 5.07. The van der Waals surface area contributed by atoms with E-state index in [1.54, 1.807) is 48.4 Å². The monoisotopic (exact) mass is 463 g/mol. The highest BCUT2D eigenvalue weighted by Gasteiger charge is 2.34. The van der Waals surface area contributed by atoms with Crippen molar-refractivity contribution in [2.45, 2.75) is 18.9 Å². The molecule has 0 radical (unpaired) electrons. The van der Waals surface area contributed by atoms with Crippen LogP contribution in [0.2, 0.25) is 10.0 Å². The summed E-state index contributed by atoms with van der Waals surface area (Å²) in [6, 6.07) is 10.8. The number of nitrogens with one attached hydrogen (secondary N) is 2. The van der Waals surface area contributed by atoms with Gasteiger partial charge in [0.25, 0.3) is 11.8 Å². The molecule has 1 aliphatic rings. The van der Waals surface area contributed by atoms with Gasteiger partial charge in [0.15, 0.2) is 0 Å². The van der Waals surface area contributed by atoms with Crippen LogP contribution in [-0.4, -0.2) is 55.4 Å². The molecule has 3 rings (SSSR count). The van der Waals surface area contributed by atoms with Gasteiger partial charge >= 0.3 is 0 Å². The van der Waals surface area contributed by atoms with E-state index in [4.69, 9.17) is 27.9 Å². The number of carbonyl (C=O) groups is 3. The number of hydrogen-bond donors (Lipinski definition) is 2. The maximum Gasteiger partial charge on any atom is 0.254 e. The van der Waals surface area contributed by atoms with Crippen molar-refractivity contribution in [3.05, 3.63) is 63.6 Å². The summed E-state index contributed by atoms with van der Waals surface area (Å²) in [5.41, 5.74) is 0.891. The Labute approximate surface area is 190 Å². The van der Waals surface area contributed by atoms with Crippen LogP contribution in [-0.2, 0) is 4.79 Å². The summed E-state index contributed by atoms with van der Waals surface area (Å²) in [6.07, 6.45) is 1.32. The Hall–Kier alpha value is -2.77. The molecule has 1 heterocycles. The Morgan fingerprint density at radius 3 is 2.35 bits per heavy atom. The fraction of sp³-hybridized carbons (Fsp3) is 0.318. The molecule has 1 aliphatic heterocycles. The third-order valence-electron chi connectivity index (χ3n) is 5.04. The van der Waals surface area contributed by atoms with Crippen LogP contribution in [0.1, 0.15) is 33.6 Å². The van der Waals surface area contributed by atoms with Crippen molar-refractivity contribution in [1.29, 1.82) is 0 Å². The molecule has 3 amide bonds. The van der Waals surface area contributed by atoms with Crippen LogP contribution in [0.5, 0.6) is 5.75 Å². The van der Waals surface area contributed by atoms with Crippen LogP contribution in [0, 0.1) is 0 Å². The van der Waals surface area contributed by atoms with Crippen LogP contribution in [0.4, 0.5) is 0 Å². The minimum absolute atomic E-state index is 0.241. The summed E-state index contributed by atoms with van der Waals surface area (Å²) in [5.74, 6) is -0.0804. The van der Waals surface area contributed by atoms with Crippen LogP contribution in [0.3, 0.4) is 0 Å². The van der Waals surface area contributed by atoms with Gasteiger partial charge in [-0.15, -0.1) is 0 Å². The molecular formula is C22H23Cl2N3O4. The zero-order valence-electron chi connectivity index (χ0n) is 17.0. The summed E-state index contributed by atoms with van der Waals surface area (Å²) in [6.45, 7) is 1.02. The van der Waals surface area contributed by atoms with E-state index >= 15 is 0 Å². The number of benzene rings is 2. The van der Waals surface area contributed by atoms with E-state index in [0.29, 0.717) is 39.9 Å². The molecule has 2 N–H and O–H groups in total. The lowest BCUT2D eigenvalue weighted by molar-refractivity contribution is -0.124. The van der Waals surface area contributed by atoms with Gasteiger partial charge in [0, 0.05) is 30.8 Å². The summed E-state index contributed by atoms with van der Waals surface area (Å²) in [4.78, 5) is 39.1. The normalized spacial score (nSPS) is 15.5. The molecule has 1 atom stereocenters. The largest absolute Gasteiger partial charge is 0.497 e. The number of hydrogen-bond acceptors (Lipinski definition) is 4. The second kappa shape index (κ2) is 10.5. The molecule has 9 heteroatoms. The maximum atomic E-state index is 12.8. The number of halogens is 2. The molecule has 1 saturated heterocycles. The molecule has 0 aliphatic carbocycles. The Morgan fingerprint density at radius 2 is 1.68 bits per heavy atom. The van der Waals surface area contributed by atoms with E-state index in [-0.39, 0.29) is 30.8 Å². The van der Waals surface area contributed by atoms with Gasteiger partial charge in [-0.3, -0.25) is 14.4 Å². The molecule has 7 nitrogen and oxygen atoms in total. The van der Waals surface area contributed by atoms with Crippen LogP contribution >= 0.6 is 23.2 Å². The molecule has 0 unspecified atom stereocenters. The first-order chi connectivity index (χ1) is 14.9.